The van der Waals surface area contributed by atoms with Gasteiger partial charge in [0.2, 0.25) is 5.91 Å². The lowest BCUT2D eigenvalue weighted by Gasteiger charge is -2.37. The van der Waals surface area contributed by atoms with Crippen LogP contribution in [0, 0.1) is 11.8 Å². The van der Waals surface area contributed by atoms with Crippen molar-refractivity contribution in [3.8, 4) is 0 Å². The van der Waals surface area contributed by atoms with E-state index in [0.29, 0.717) is 0 Å². The monoisotopic (exact) mass is 209 g/mol. The molecule has 0 heterocycles. The minimum Gasteiger partial charge on any atom is -0.353 e. The molecule has 1 N–H and O–H groups in total. The fourth-order valence-electron chi connectivity index (χ4n) is 1.37. The molecule has 0 spiro atoms. The first-order chi connectivity index (χ1) is 6.30. The van der Waals surface area contributed by atoms with Gasteiger partial charge >= 0.3 is 6.18 Å². The van der Waals surface area contributed by atoms with Gasteiger partial charge in [0.15, 0.2) is 0 Å². The molecule has 0 saturated heterocycles. The van der Waals surface area contributed by atoms with Crippen molar-refractivity contribution in [1.82, 2.24) is 5.32 Å². The van der Waals surface area contributed by atoms with Crippen LogP contribution in [0.3, 0.4) is 0 Å². The number of rotatable bonds is 2. The first-order valence-corrected chi connectivity index (χ1v) is 4.67. The number of hydrogen-bond donors (Lipinski definition) is 1. The molecule has 0 aromatic rings. The SMILES string of the molecule is CC(C)C(=O)N[C@H]1C[C@H](C(F)(F)F)C1. The Kier molecular flexibility index (Phi) is 3.07. The van der Waals surface area contributed by atoms with Crippen LogP contribution in [-0.2, 0) is 4.79 Å². The molecule has 1 aliphatic carbocycles. The summed E-state index contributed by atoms with van der Waals surface area (Å²) in [5.41, 5.74) is 0. The topological polar surface area (TPSA) is 29.1 Å². The van der Waals surface area contributed by atoms with Crippen LogP contribution in [-0.4, -0.2) is 18.1 Å². The third-order valence-corrected chi connectivity index (χ3v) is 2.47. The van der Waals surface area contributed by atoms with E-state index in [1.807, 2.05) is 0 Å². The average molecular weight is 209 g/mol. The predicted octanol–water partition coefficient (Wildman–Crippen LogP) is 2.10. The molecular formula is C9H14F3NO. The number of carbonyl (C=O) groups is 1. The second kappa shape index (κ2) is 3.79. The molecule has 1 saturated carbocycles. The van der Waals surface area contributed by atoms with E-state index in [0.717, 1.165) is 0 Å². The quantitative estimate of drug-likeness (QED) is 0.741. The molecular weight excluding hydrogens is 195 g/mol. The summed E-state index contributed by atoms with van der Waals surface area (Å²) in [6.07, 6.45) is -4.04. The summed E-state index contributed by atoms with van der Waals surface area (Å²) in [6, 6.07) is -0.281. The van der Waals surface area contributed by atoms with Gasteiger partial charge in [0.1, 0.15) is 0 Å². The maximum atomic E-state index is 12.1. The molecule has 0 aliphatic heterocycles. The van der Waals surface area contributed by atoms with Gasteiger partial charge in [0.25, 0.3) is 0 Å². The molecule has 0 aromatic carbocycles. The van der Waals surface area contributed by atoms with Crippen LogP contribution in [0.1, 0.15) is 26.7 Å². The van der Waals surface area contributed by atoms with Crippen molar-refractivity contribution in [2.24, 2.45) is 11.8 Å². The molecule has 0 aromatic heterocycles. The van der Waals surface area contributed by atoms with Gasteiger partial charge in [0.05, 0.1) is 5.92 Å². The highest BCUT2D eigenvalue weighted by atomic mass is 19.4. The smallest absolute Gasteiger partial charge is 0.353 e. The fraction of sp³-hybridized carbons (Fsp3) is 0.889. The van der Waals surface area contributed by atoms with Crippen molar-refractivity contribution in [2.45, 2.75) is 38.9 Å². The zero-order chi connectivity index (χ0) is 10.9. The normalized spacial score (nSPS) is 27.3. The van der Waals surface area contributed by atoms with Gasteiger partial charge in [-0.3, -0.25) is 4.79 Å². The zero-order valence-corrected chi connectivity index (χ0v) is 8.19. The largest absolute Gasteiger partial charge is 0.391 e. The molecule has 0 bridgehead atoms. The Labute approximate surface area is 80.9 Å². The van der Waals surface area contributed by atoms with Gasteiger partial charge in [-0.2, -0.15) is 13.2 Å². The molecule has 0 radical (unpaired) electrons. The first-order valence-electron chi connectivity index (χ1n) is 4.67. The Hall–Kier alpha value is -0.740. The molecule has 0 atom stereocenters. The number of nitrogens with one attached hydrogen (secondary N) is 1. The van der Waals surface area contributed by atoms with Gasteiger partial charge in [0, 0.05) is 12.0 Å². The number of carbonyl (C=O) groups excluding carboxylic acids is 1. The number of hydrogen-bond acceptors (Lipinski definition) is 1. The lowest BCUT2D eigenvalue weighted by atomic mass is 9.79. The maximum Gasteiger partial charge on any atom is 0.391 e. The van der Waals surface area contributed by atoms with Gasteiger partial charge in [-0.1, -0.05) is 13.8 Å². The molecule has 1 rings (SSSR count). The summed E-state index contributed by atoms with van der Waals surface area (Å²) in [6.45, 7) is 3.44. The van der Waals surface area contributed by atoms with E-state index in [1.54, 1.807) is 13.8 Å². The van der Waals surface area contributed by atoms with E-state index in [-0.39, 0.29) is 30.7 Å². The molecule has 2 nitrogen and oxygen atoms in total. The van der Waals surface area contributed by atoms with Crippen LogP contribution in [0.25, 0.3) is 0 Å². The Morgan fingerprint density at radius 3 is 2.21 bits per heavy atom. The lowest BCUT2D eigenvalue weighted by molar-refractivity contribution is -0.199. The average Bonchev–Trinajstić information content (AvgIpc) is 1.92. The summed E-state index contributed by atoms with van der Waals surface area (Å²) >= 11 is 0. The Bertz CT molecular complexity index is 219. The van der Waals surface area contributed by atoms with Crippen molar-refractivity contribution in [1.29, 1.82) is 0 Å². The van der Waals surface area contributed by atoms with E-state index >= 15 is 0 Å². The lowest BCUT2D eigenvalue weighted by Crippen LogP contribution is -2.49. The van der Waals surface area contributed by atoms with Crippen LogP contribution in [0.2, 0.25) is 0 Å². The molecule has 0 unspecified atom stereocenters. The van der Waals surface area contributed by atoms with Gasteiger partial charge in [-0.25, -0.2) is 0 Å². The minimum atomic E-state index is -4.10. The van der Waals surface area contributed by atoms with E-state index in [4.69, 9.17) is 0 Å². The number of amides is 1. The van der Waals surface area contributed by atoms with Crippen LogP contribution < -0.4 is 5.32 Å². The summed E-state index contributed by atoms with van der Waals surface area (Å²) in [7, 11) is 0. The second-order valence-electron chi connectivity index (χ2n) is 4.07. The summed E-state index contributed by atoms with van der Waals surface area (Å²) in [4.78, 5) is 11.1. The predicted molar refractivity (Wildman–Crippen MR) is 45.5 cm³/mol. The first kappa shape index (κ1) is 11.3. The summed E-state index contributed by atoms with van der Waals surface area (Å²) in [5, 5.41) is 2.58. The molecule has 14 heavy (non-hydrogen) atoms. The summed E-state index contributed by atoms with van der Waals surface area (Å²) in [5.74, 6) is -1.56. The van der Waals surface area contributed by atoms with Crippen molar-refractivity contribution in [3.63, 3.8) is 0 Å². The van der Waals surface area contributed by atoms with Crippen LogP contribution in [0.4, 0.5) is 13.2 Å². The van der Waals surface area contributed by atoms with Crippen LogP contribution >= 0.6 is 0 Å². The zero-order valence-electron chi connectivity index (χ0n) is 8.19. The highest BCUT2D eigenvalue weighted by Gasteiger charge is 2.48. The fourth-order valence-corrected chi connectivity index (χ4v) is 1.37. The van der Waals surface area contributed by atoms with E-state index < -0.39 is 12.1 Å². The van der Waals surface area contributed by atoms with Gasteiger partial charge in [-0.05, 0) is 12.8 Å². The molecule has 82 valence electrons. The van der Waals surface area contributed by atoms with Crippen molar-refractivity contribution in [3.05, 3.63) is 0 Å². The molecule has 1 aliphatic rings. The third-order valence-electron chi connectivity index (χ3n) is 2.47. The van der Waals surface area contributed by atoms with Crippen molar-refractivity contribution < 1.29 is 18.0 Å². The highest BCUT2D eigenvalue weighted by Crippen LogP contribution is 2.40. The molecule has 5 heteroatoms. The van der Waals surface area contributed by atoms with Crippen molar-refractivity contribution >= 4 is 5.91 Å². The number of halogens is 3. The highest BCUT2D eigenvalue weighted by molar-refractivity contribution is 5.78. The molecule has 1 fully saturated rings. The summed E-state index contributed by atoms with van der Waals surface area (Å²) < 4.78 is 36.2. The standard InChI is InChI=1S/C9H14F3NO/c1-5(2)8(14)13-7-3-6(4-7)9(10,11)12/h5-7H,3-4H2,1-2H3,(H,13,14)/t6-,7-. The van der Waals surface area contributed by atoms with E-state index in [9.17, 15) is 18.0 Å². The Morgan fingerprint density at radius 2 is 1.86 bits per heavy atom. The van der Waals surface area contributed by atoms with Crippen molar-refractivity contribution in [2.75, 3.05) is 0 Å². The second-order valence-corrected chi connectivity index (χ2v) is 4.07. The maximum absolute atomic E-state index is 12.1. The molecule has 1 amide bonds. The van der Waals surface area contributed by atoms with Crippen LogP contribution in [0.15, 0.2) is 0 Å². The number of alkyl halides is 3. The Balaban J connectivity index is 2.26. The third kappa shape index (κ3) is 2.62. The van der Waals surface area contributed by atoms with E-state index in [1.165, 1.54) is 0 Å². The Morgan fingerprint density at radius 1 is 1.36 bits per heavy atom. The van der Waals surface area contributed by atoms with Gasteiger partial charge < -0.3 is 5.32 Å². The van der Waals surface area contributed by atoms with Crippen LogP contribution in [0.5, 0.6) is 0 Å². The van der Waals surface area contributed by atoms with Gasteiger partial charge in [-0.15, -0.1) is 0 Å². The minimum absolute atomic E-state index is 0.0297. The van der Waals surface area contributed by atoms with E-state index in [2.05, 4.69) is 5.32 Å².